The van der Waals surface area contributed by atoms with Gasteiger partial charge in [-0.1, -0.05) is 24.3 Å². The highest BCUT2D eigenvalue weighted by Crippen LogP contribution is 2.40. The van der Waals surface area contributed by atoms with E-state index in [0.29, 0.717) is 36.5 Å². The summed E-state index contributed by atoms with van der Waals surface area (Å²) in [6.07, 6.45) is 4.84. The Balaban J connectivity index is 1.39. The molecule has 10 heteroatoms. The van der Waals surface area contributed by atoms with Crippen molar-refractivity contribution >= 4 is 0 Å². The monoisotopic (exact) mass is 436 g/mol. The minimum absolute atomic E-state index is 0.00195. The van der Waals surface area contributed by atoms with E-state index in [1.54, 1.807) is 4.57 Å². The van der Waals surface area contributed by atoms with Crippen LogP contribution in [0.5, 0.6) is 11.6 Å². The molecule has 3 aliphatic rings. The van der Waals surface area contributed by atoms with Crippen LogP contribution < -0.4 is 15.2 Å². The second-order valence-electron chi connectivity index (χ2n) is 8.44. The van der Waals surface area contributed by atoms with E-state index in [0.717, 1.165) is 49.8 Å². The molecule has 1 saturated carbocycles. The standard InChI is InChI=1S/C22H24N6O4/c29-22-23-21(32-12-16-5-3-11-30-16)20(31-13-18-24-25-26-28(18)15-7-8-15)19-17-6-2-1-4-14(17)9-10-27(19)22/h1-2,4,6,15-16H,3,5,7-13H2. The Morgan fingerprint density at radius 2 is 2.06 bits per heavy atom. The first-order valence-corrected chi connectivity index (χ1v) is 11.1. The fourth-order valence-corrected chi connectivity index (χ4v) is 4.42. The quantitative estimate of drug-likeness (QED) is 0.553. The Bertz CT molecular complexity index is 1200. The van der Waals surface area contributed by atoms with Gasteiger partial charge in [-0.15, -0.1) is 5.10 Å². The molecule has 4 heterocycles. The molecule has 32 heavy (non-hydrogen) atoms. The molecule has 0 radical (unpaired) electrons. The van der Waals surface area contributed by atoms with Crippen LogP contribution in [-0.2, 0) is 24.3 Å². The first-order valence-electron chi connectivity index (χ1n) is 11.1. The third kappa shape index (κ3) is 3.54. The van der Waals surface area contributed by atoms with Crippen LogP contribution in [0.4, 0.5) is 0 Å². The molecule has 3 aromatic rings. The molecule has 6 rings (SSSR count). The fraction of sp³-hybridized carbons (Fsp3) is 0.500. The van der Waals surface area contributed by atoms with E-state index in [1.165, 1.54) is 0 Å². The average Bonchev–Trinajstić information content (AvgIpc) is 3.31. The van der Waals surface area contributed by atoms with Gasteiger partial charge < -0.3 is 14.2 Å². The minimum atomic E-state index is -0.341. The van der Waals surface area contributed by atoms with Gasteiger partial charge in [0, 0.05) is 18.7 Å². The van der Waals surface area contributed by atoms with Gasteiger partial charge in [0.15, 0.2) is 5.82 Å². The normalized spacial score (nSPS) is 19.4. The number of tetrazole rings is 1. The fourth-order valence-electron chi connectivity index (χ4n) is 4.42. The van der Waals surface area contributed by atoms with Crippen molar-refractivity contribution in [3.63, 3.8) is 0 Å². The van der Waals surface area contributed by atoms with Gasteiger partial charge >= 0.3 is 5.69 Å². The molecule has 10 nitrogen and oxygen atoms in total. The number of ether oxygens (including phenoxy) is 3. The minimum Gasteiger partial charge on any atom is -0.478 e. The van der Waals surface area contributed by atoms with Gasteiger partial charge in [-0.25, -0.2) is 9.48 Å². The smallest absolute Gasteiger partial charge is 0.351 e. The van der Waals surface area contributed by atoms with Gasteiger partial charge in [0.2, 0.25) is 5.75 Å². The Morgan fingerprint density at radius 3 is 2.91 bits per heavy atom. The van der Waals surface area contributed by atoms with Gasteiger partial charge in [-0.2, -0.15) is 4.98 Å². The van der Waals surface area contributed by atoms with Gasteiger partial charge in [0.25, 0.3) is 5.88 Å². The number of fused-ring (bicyclic) bond motifs is 3. The molecule has 1 aliphatic carbocycles. The summed E-state index contributed by atoms with van der Waals surface area (Å²) in [5.41, 5.74) is 2.47. The lowest BCUT2D eigenvalue weighted by Gasteiger charge is -2.25. The topological polar surface area (TPSA) is 106 Å². The number of aryl methyl sites for hydroxylation is 1. The van der Waals surface area contributed by atoms with Crippen molar-refractivity contribution in [3.05, 3.63) is 46.1 Å². The highest BCUT2D eigenvalue weighted by Gasteiger charge is 2.30. The first-order chi connectivity index (χ1) is 15.8. The van der Waals surface area contributed by atoms with Crippen LogP contribution in [0.3, 0.4) is 0 Å². The van der Waals surface area contributed by atoms with Crippen molar-refractivity contribution in [2.45, 2.75) is 57.4 Å². The Kier molecular flexibility index (Phi) is 4.86. The summed E-state index contributed by atoms with van der Waals surface area (Å²) >= 11 is 0. The molecule has 1 unspecified atom stereocenters. The third-order valence-electron chi connectivity index (χ3n) is 6.21. The van der Waals surface area contributed by atoms with Crippen LogP contribution in [0, 0.1) is 0 Å². The SMILES string of the molecule is O=c1nc(OCC2CCCO2)c(OCc2nnnn2C2CC2)c2n1CCc1ccccc1-2. The van der Waals surface area contributed by atoms with E-state index in [2.05, 4.69) is 26.6 Å². The van der Waals surface area contributed by atoms with Crippen molar-refractivity contribution in [2.24, 2.45) is 0 Å². The summed E-state index contributed by atoms with van der Waals surface area (Å²) in [6.45, 7) is 1.76. The maximum absolute atomic E-state index is 12.9. The maximum Gasteiger partial charge on any atom is 0.351 e. The molecule has 0 N–H and O–H groups in total. The van der Waals surface area contributed by atoms with E-state index in [1.807, 2.05) is 22.9 Å². The van der Waals surface area contributed by atoms with E-state index in [-0.39, 0.29) is 24.3 Å². The highest BCUT2D eigenvalue weighted by atomic mass is 16.6. The second kappa shape index (κ2) is 8.01. The van der Waals surface area contributed by atoms with Crippen LogP contribution >= 0.6 is 0 Å². The number of benzene rings is 1. The van der Waals surface area contributed by atoms with E-state index in [4.69, 9.17) is 14.2 Å². The highest BCUT2D eigenvalue weighted by molar-refractivity contribution is 5.73. The van der Waals surface area contributed by atoms with Crippen molar-refractivity contribution in [1.29, 1.82) is 0 Å². The average molecular weight is 436 g/mol. The Labute approximate surface area is 184 Å². The summed E-state index contributed by atoms with van der Waals surface area (Å²) in [5.74, 6) is 1.28. The van der Waals surface area contributed by atoms with Gasteiger partial charge in [-0.3, -0.25) is 4.57 Å². The zero-order chi connectivity index (χ0) is 21.5. The van der Waals surface area contributed by atoms with Gasteiger partial charge in [-0.05, 0) is 48.1 Å². The molecule has 1 aromatic carbocycles. The van der Waals surface area contributed by atoms with Gasteiger partial charge in [0.05, 0.1) is 12.1 Å². The second-order valence-corrected chi connectivity index (χ2v) is 8.44. The number of nitrogens with zero attached hydrogens (tertiary/aromatic N) is 6. The number of aromatic nitrogens is 6. The Hall–Kier alpha value is -3.27. The lowest BCUT2D eigenvalue weighted by Crippen LogP contribution is -2.30. The molecule has 0 spiro atoms. The molecule has 2 fully saturated rings. The van der Waals surface area contributed by atoms with Crippen molar-refractivity contribution in [2.75, 3.05) is 13.2 Å². The van der Waals surface area contributed by atoms with Crippen LogP contribution in [0.25, 0.3) is 11.3 Å². The van der Waals surface area contributed by atoms with E-state index < -0.39 is 0 Å². The molecule has 1 saturated heterocycles. The Morgan fingerprint density at radius 1 is 1.16 bits per heavy atom. The van der Waals surface area contributed by atoms with E-state index >= 15 is 0 Å². The summed E-state index contributed by atoms with van der Waals surface area (Å²) in [5, 5.41) is 12.0. The third-order valence-corrected chi connectivity index (χ3v) is 6.21. The van der Waals surface area contributed by atoms with Crippen molar-refractivity contribution in [1.82, 2.24) is 29.8 Å². The van der Waals surface area contributed by atoms with Crippen LogP contribution in [0.15, 0.2) is 29.1 Å². The number of hydrogen-bond acceptors (Lipinski definition) is 8. The molecule has 2 aromatic heterocycles. The van der Waals surface area contributed by atoms with Crippen LogP contribution in [0.2, 0.25) is 0 Å². The molecular formula is C22H24N6O4. The van der Waals surface area contributed by atoms with E-state index in [9.17, 15) is 4.79 Å². The van der Waals surface area contributed by atoms with Gasteiger partial charge in [0.1, 0.15) is 18.9 Å². The summed E-state index contributed by atoms with van der Waals surface area (Å²) < 4.78 is 21.4. The maximum atomic E-state index is 12.9. The lowest BCUT2D eigenvalue weighted by molar-refractivity contribution is 0.0644. The van der Waals surface area contributed by atoms with Crippen molar-refractivity contribution < 1.29 is 14.2 Å². The van der Waals surface area contributed by atoms with Crippen molar-refractivity contribution in [3.8, 4) is 22.9 Å². The zero-order valence-corrected chi connectivity index (χ0v) is 17.6. The largest absolute Gasteiger partial charge is 0.478 e. The van der Waals surface area contributed by atoms with Crippen LogP contribution in [-0.4, -0.2) is 49.1 Å². The summed E-state index contributed by atoms with van der Waals surface area (Å²) in [7, 11) is 0. The molecule has 1 atom stereocenters. The first kappa shape index (κ1) is 19.4. The predicted molar refractivity (Wildman–Crippen MR) is 113 cm³/mol. The predicted octanol–water partition coefficient (Wildman–Crippen LogP) is 1.92. The molecule has 0 bridgehead atoms. The lowest BCUT2D eigenvalue weighted by atomic mass is 9.97. The van der Waals surface area contributed by atoms with Crippen LogP contribution in [0.1, 0.15) is 43.1 Å². The summed E-state index contributed by atoms with van der Waals surface area (Å²) in [6, 6.07) is 8.39. The molecular weight excluding hydrogens is 412 g/mol. The number of rotatable bonds is 7. The molecule has 166 valence electrons. The molecule has 0 amide bonds. The molecule has 2 aliphatic heterocycles. The number of hydrogen-bond donors (Lipinski definition) is 0. The zero-order valence-electron chi connectivity index (χ0n) is 17.6. The summed E-state index contributed by atoms with van der Waals surface area (Å²) in [4.78, 5) is 17.1.